The van der Waals surface area contributed by atoms with Gasteiger partial charge in [0.05, 0.1) is 0 Å². The summed E-state index contributed by atoms with van der Waals surface area (Å²) in [5.74, 6) is -0.116. The van der Waals surface area contributed by atoms with Gasteiger partial charge in [-0.15, -0.1) is 0 Å². The number of carbonyl (C=O) groups is 3. The molecule has 4 heteroatoms. The van der Waals surface area contributed by atoms with Gasteiger partial charge in [-0.25, -0.2) is 0 Å². The smallest absolute Gasteiger partial charge is 0.229 e. The third-order valence-corrected chi connectivity index (χ3v) is 3.93. The summed E-state index contributed by atoms with van der Waals surface area (Å²) in [5, 5.41) is 0. The third-order valence-electron chi connectivity index (χ3n) is 3.93. The van der Waals surface area contributed by atoms with Gasteiger partial charge in [0.25, 0.3) is 0 Å². The number of carbonyl (C=O) groups excluding carboxylic acids is 3. The van der Waals surface area contributed by atoms with Crippen LogP contribution in [0.1, 0.15) is 60.3 Å². The van der Waals surface area contributed by atoms with Crippen molar-refractivity contribution in [1.82, 2.24) is 4.90 Å². The number of rotatable bonds is 5. The highest BCUT2D eigenvalue weighted by Crippen LogP contribution is 2.36. The molecule has 1 aliphatic rings. The number of amides is 2. The Morgan fingerprint density at radius 1 is 1.26 bits per heavy atom. The monoisotopic (exact) mass is 267 g/mol. The van der Waals surface area contributed by atoms with Gasteiger partial charge in [0, 0.05) is 25.8 Å². The van der Waals surface area contributed by atoms with E-state index in [1.807, 2.05) is 27.7 Å². The number of likely N-dealkylation sites (tertiary alicyclic amines) is 1. The number of piperidine rings is 1. The van der Waals surface area contributed by atoms with Crippen LogP contribution in [0.3, 0.4) is 0 Å². The van der Waals surface area contributed by atoms with Crippen molar-refractivity contribution in [3.63, 3.8) is 0 Å². The van der Waals surface area contributed by atoms with E-state index in [-0.39, 0.29) is 28.4 Å². The Morgan fingerprint density at radius 3 is 2.11 bits per heavy atom. The normalized spacial score (nSPS) is 19.7. The minimum Gasteiger partial charge on any atom is -0.300 e. The SMILES string of the molecule is CCC1(C)CC(=O)N(CC(C)(C)CC(C)=O)C(=O)C1. The Kier molecular flexibility index (Phi) is 4.54. The number of Topliss-reactive ketones (excluding diaryl/α,β-unsaturated/α-hetero) is 1. The zero-order valence-corrected chi connectivity index (χ0v) is 12.7. The fourth-order valence-electron chi connectivity index (χ4n) is 2.71. The molecule has 1 heterocycles. The molecular formula is C15H25NO3. The van der Waals surface area contributed by atoms with Crippen LogP contribution in [0.5, 0.6) is 0 Å². The van der Waals surface area contributed by atoms with E-state index in [2.05, 4.69) is 0 Å². The molecule has 0 aromatic carbocycles. The molecule has 1 rings (SSSR count). The van der Waals surface area contributed by atoms with Gasteiger partial charge in [-0.3, -0.25) is 14.5 Å². The molecular weight excluding hydrogens is 242 g/mol. The van der Waals surface area contributed by atoms with E-state index in [0.29, 0.717) is 25.8 Å². The first kappa shape index (κ1) is 15.9. The molecule has 1 aliphatic heterocycles. The van der Waals surface area contributed by atoms with Crippen LogP contribution in [0.25, 0.3) is 0 Å². The third kappa shape index (κ3) is 4.15. The fourth-order valence-corrected chi connectivity index (χ4v) is 2.71. The van der Waals surface area contributed by atoms with Crippen LogP contribution in [0.2, 0.25) is 0 Å². The van der Waals surface area contributed by atoms with Crippen molar-refractivity contribution in [2.75, 3.05) is 6.54 Å². The molecule has 0 atom stereocenters. The number of ketones is 1. The van der Waals surface area contributed by atoms with Gasteiger partial charge >= 0.3 is 0 Å². The van der Waals surface area contributed by atoms with Crippen molar-refractivity contribution in [3.05, 3.63) is 0 Å². The molecule has 1 fully saturated rings. The summed E-state index contributed by atoms with van der Waals surface area (Å²) in [6.45, 7) is 9.71. The van der Waals surface area contributed by atoms with E-state index >= 15 is 0 Å². The Hall–Kier alpha value is -1.19. The summed E-state index contributed by atoms with van der Waals surface area (Å²) in [4.78, 5) is 36.9. The number of nitrogens with zero attached hydrogens (tertiary/aromatic N) is 1. The topological polar surface area (TPSA) is 54.5 Å². The van der Waals surface area contributed by atoms with Gasteiger partial charge in [-0.1, -0.05) is 27.7 Å². The lowest BCUT2D eigenvalue weighted by Crippen LogP contribution is -2.50. The molecule has 0 saturated carbocycles. The maximum Gasteiger partial charge on any atom is 0.229 e. The minimum absolute atomic E-state index is 0.0836. The highest BCUT2D eigenvalue weighted by atomic mass is 16.2. The largest absolute Gasteiger partial charge is 0.300 e. The van der Waals surface area contributed by atoms with Crippen molar-refractivity contribution in [1.29, 1.82) is 0 Å². The van der Waals surface area contributed by atoms with Gasteiger partial charge in [0.15, 0.2) is 0 Å². The maximum atomic E-state index is 12.2. The molecule has 0 aliphatic carbocycles. The molecule has 0 unspecified atom stereocenters. The second-order valence-corrected chi connectivity index (χ2v) is 6.93. The molecule has 0 spiro atoms. The Labute approximate surface area is 115 Å². The number of hydrogen-bond donors (Lipinski definition) is 0. The summed E-state index contributed by atoms with van der Waals surface area (Å²) < 4.78 is 0. The summed E-state index contributed by atoms with van der Waals surface area (Å²) in [7, 11) is 0. The zero-order chi connectivity index (χ0) is 14.8. The van der Waals surface area contributed by atoms with Crippen LogP contribution >= 0.6 is 0 Å². The van der Waals surface area contributed by atoms with Crippen LogP contribution in [0.15, 0.2) is 0 Å². The van der Waals surface area contributed by atoms with Crippen molar-refractivity contribution in [2.24, 2.45) is 10.8 Å². The Balaban J connectivity index is 2.78. The highest BCUT2D eigenvalue weighted by Gasteiger charge is 2.41. The van der Waals surface area contributed by atoms with Gasteiger partial charge in [0.1, 0.15) is 5.78 Å². The van der Waals surface area contributed by atoms with Crippen molar-refractivity contribution in [3.8, 4) is 0 Å². The molecule has 0 bridgehead atoms. The molecule has 0 aromatic heterocycles. The molecule has 2 amide bonds. The zero-order valence-electron chi connectivity index (χ0n) is 12.7. The standard InChI is InChI=1S/C15H25NO3/c1-6-15(5)8-12(18)16(13(19)9-15)10-14(3,4)7-11(2)17/h6-10H2,1-5H3. The van der Waals surface area contributed by atoms with Crippen LogP contribution in [-0.4, -0.2) is 29.0 Å². The maximum absolute atomic E-state index is 12.2. The summed E-state index contributed by atoms with van der Waals surface area (Å²) in [6, 6.07) is 0. The second-order valence-electron chi connectivity index (χ2n) is 6.93. The van der Waals surface area contributed by atoms with Gasteiger partial charge in [-0.2, -0.15) is 0 Å². The predicted octanol–water partition coefficient (Wildman–Crippen LogP) is 2.56. The first-order chi connectivity index (χ1) is 8.58. The number of imide groups is 1. The summed E-state index contributed by atoms with van der Waals surface area (Å²) in [6.07, 6.45) is 2.06. The Bertz CT molecular complexity index is 380. The van der Waals surface area contributed by atoms with Crippen LogP contribution in [0.4, 0.5) is 0 Å². The lowest BCUT2D eigenvalue weighted by Gasteiger charge is -2.39. The molecule has 19 heavy (non-hydrogen) atoms. The van der Waals surface area contributed by atoms with E-state index in [1.54, 1.807) is 0 Å². The highest BCUT2D eigenvalue weighted by molar-refractivity contribution is 5.98. The first-order valence-electron chi connectivity index (χ1n) is 6.91. The molecule has 4 nitrogen and oxygen atoms in total. The van der Waals surface area contributed by atoms with E-state index in [9.17, 15) is 14.4 Å². The van der Waals surface area contributed by atoms with E-state index in [1.165, 1.54) is 11.8 Å². The molecule has 0 N–H and O–H groups in total. The average Bonchev–Trinajstić information content (AvgIpc) is 2.22. The summed E-state index contributed by atoms with van der Waals surface area (Å²) in [5.41, 5.74) is -0.549. The van der Waals surface area contributed by atoms with E-state index < -0.39 is 0 Å². The van der Waals surface area contributed by atoms with Gasteiger partial charge < -0.3 is 4.79 Å². The average molecular weight is 267 g/mol. The van der Waals surface area contributed by atoms with Crippen molar-refractivity contribution < 1.29 is 14.4 Å². The van der Waals surface area contributed by atoms with Crippen molar-refractivity contribution >= 4 is 17.6 Å². The van der Waals surface area contributed by atoms with Crippen LogP contribution in [-0.2, 0) is 14.4 Å². The van der Waals surface area contributed by atoms with Gasteiger partial charge in [0.2, 0.25) is 11.8 Å². The Morgan fingerprint density at radius 2 is 1.74 bits per heavy atom. The lowest BCUT2D eigenvalue weighted by molar-refractivity contribution is -0.155. The quantitative estimate of drug-likeness (QED) is 0.719. The van der Waals surface area contributed by atoms with Crippen LogP contribution in [0, 0.1) is 10.8 Å². The predicted molar refractivity (Wildman–Crippen MR) is 73.4 cm³/mol. The van der Waals surface area contributed by atoms with Crippen LogP contribution < -0.4 is 0 Å². The minimum atomic E-state index is -0.350. The van der Waals surface area contributed by atoms with E-state index in [4.69, 9.17) is 0 Å². The summed E-state index contributed by atoms with van der Waals surface area (Å²) >= 11 is 0. The molecule has 0 aromatic rings. The van der Waals surface area contributed by atoms with Crippen molar-refractivity contribution in [2.45, 2.75) is 60.3 Å². The first-order valence-corrected chi connectivity index (χ1v) is 6.91. The number of hydrogen-bond acceptors (Lipinski definition) is 3. The van der Waals surface area contributed by atoms with E-state index in [0.717, 1.165) is 6.42 Å². The molecule has 0 radical (unpaired) electrons. The lowest BCUT2D eigenvalue weighted by atomic mass is 9.76. The molecule has 108 valence electrons. The molecule has 1 saturated heterocycles. The second kappa shape index (κ2) is 5.43. The fraction of sp³-hybridized carbons (Fsp3) is 0.800. The van der Waals surface area contributed by atoms with Gasteiger partial charge in [-0.05, 0) is 24.2 Å².